The molecule has 1 aromatic carbocycles. The van der Waals surface area contributed by atoms with E-state index in [0.717, 1.165) is 0 Å². The van der Waals surface area contributed by atoms with Gasteiger partial charge in [0.15, 0.2) is 11.5 Å². The summed E-state index contributed by atoms with van der Waals surface area (Å²) in [4.78, 5) is 0. The Morgan fingerprint density at radius 2 is 2.18 bits per heavy atom. The van der Waals surface area contributed by atoms with Gasteiger partial charge in [0, 0.05) is 0 Å². The van der Waals surface area contributed by atoms with E-state index >= 15 is 0 Å². The van der Waals surface area contributed by atoms with Crippen molar-refractivity contribution in [2.24, 2.45) is 0 Å². The highest BCUT2D eigenvalue weighted by Crippen LogP contribution is 2.39. The second kappa shape index (κ2) is 2.20. The van der Waals surface area contributed by atoms with Crippen LogP contribution in [0.4, 0.5) is 5.69 Å². The summed E-state index contributed by atoms with van der Waals surface area (Å²) < 4.78 is 10.1. The maximum atomic E-state index is 5.57. The van der Waals surface area contributed by atoms with Gasteiger partial charge in [0.2, 0.25) is 0 Å². The fourth-order valence-electron chi connectivity index (χ4n) is 0.968. The van der Waals surface area contributed by atoms with Gasteiger partial charge in [0.25, 0.3) is 0 Å². The van der Waals surface area contributed by atoms with Crippen LogP contribution in [-0.2, 0) is 0 Å². The molecule has 1 aliphatic heterocycles. The Balaban J connectivity index is 2.49. The van der Waals surface area contributed by atoms with Crippen LogP contribution in [0.1, 0.15) is 0 Å². The van der Waals surface area contributed by atoms with Gasteiger partial charge in [-0.3, -0.25) is 0 Å². The van der Waals surface area contributed by atoms with Crippen molar-refractivity contribution in [1.29, 1.82) is 0 Å². The predicted octanol–water partition coefficient (Wildman–Crippen LogP) is 1.56. The van der Waals surface area contributed by atoms with Crippen LogP contribution in [0.2, 0.25) is 0 Å². The fourth-order valence-corrected chi connectivity index (χ4v) is 1.15. The van der Waals surface area contributed by atoms with Crippen LogP contribution in [0, 0.1) is 0 Å². The van der Waals surface area contributed by atoms with Gasteiger partial charge in [-0.05, 0) is 23.7 Å². The molecule has 0 saturated heterocycles. The van der Waals surface area contributed by atoms with E-state index in [1.165, 1.54) is 0 Å². The number of rotatable bonds is 0. The molecule has 0 fully saturated rings. The number of nitrogens with two attached hydrogens (primary N) is 1. The quantitative estimate of drug-likeness (QED) is 0.476. The fraction of sp³-hybridized carbons (Fsp3) is 0.143. The molecule has 0 saturated carbocycles. The number of nitrogen functional groups attached to an aromatic ring is 1. The largest absolute Gasteiger partial charge is 0.438 e. The Morgan fingerprint density at radius 3 is 2.91 bits per heavy atom. The Bertz CT molecular complexity index is 290. The molecule has 11 heavy (non-hydrogen) atoms. The summed E-state index contributed by atoms with van der Waals surface area (Å²) in [5.41, 5.74) is 6.12. The Morgan fingerprint density at radius 1 is 1.36 bits per heavy atom. The third-order valence-electron chi connectivity index (χ3n) is 1.44. The molecule has 0 aliphatic carbocycles. The molecule has 2 rings (SSSR count). The van der Waals surface area contributed by atoms with E-state index in [9.17, 15) is 0 Å². The molecule has 1 aromatic rings. The summed E-state index contributed by atoms with van der Waals surface area (Å²) in [6.07, 6.45) is 0. The smallest absolute Gasteiger partial charge is 0.322 e. The molecule has 0 spiro atoms. The van der Waals surface area contributed by atoms with Crippen LogP contribution in [0.25, 0.3) is 0 Å². The monoisotopic (exact) mass is 171 g/mol. The number of hydrogen-bond acceptors (Lipinski definition) is 3. The molecule has 0 radical (unpaired) electrons. The van der Waals surface area contributed by atoms with Crippen molar-refractivity contribution < 1.29 is 9.47 Å². The summed E-state index contributed by atoms with van der Waals surface area (Å²) >= 11 is 5.55. The molecule has 1 unspecified atom stereocenters. The van der Waals surface area contributed by atoms with Gasteiger partial charge in [0.1, 0.15) is 0 Å². The second-order valence-corrected chi connectivity index (χ2v) is 2.54. The number of anilines is 1. The van der Waals surface area contributed by atoms with Crippen molar-refractivity contribution in [3.63, 3.8) is 0 Å². The van der Waals surface area contributed by atoms with E-state index in [0.29, 0.717) is 17.2 Å². The minimum Gasteiger partial charge on any atom is -0.438 e. The first kappa shape index (κ1) is 6.61. The van der Waals surface area contributed by atoms with E-state index in [2.05, 4.69) is 0 Å². The molecule has 58 valence electrons. The van der Waals surface area contributed by atoms with Crippen molar-refractivity contribution in [2.45, 2.75) is 5.75 Å². The standard InChI is InChI=1S/C7H6ClNO2/c8-7-10-5-3-1-2-4(9)6(5)11-7/h1-3,7H,9H2. The number of alkyl halides is 1. The first-order chi connectivity index (χ1) is 5.27. The zero-order valence-electron chi connectivity index (χ0n) is 5.58. The lowest BCUT2D eigenvalue weighted by atomic mass is 10.3. The summed E-state index contributed by atoms with van der Waals surface area (Å²) in [6, 6.07) is 5.28. The zero-order valence-corrected chi connectivity index (χ0v) is 6.34. The Hall–Kier alpha value is -1.09. The van der Waals surface area contributed by atoms with Gasteiger partial charge in [0.05, 0.1) is 5.69 Å². The maximum absolute atomic E-state index is 5.57. The summed E-state index contributed by atoms with van der Waals surface area (Å²) in [5, 5.41) is 0. The molecule has 0 aromatic heterocycles. The van der Waals surface area contributed by atoms with E-state index in [4.69, 9.17) is 26.8 Å². The highest BCUT2D eigenvalue weighted by atomic mass is 35.5. The van der Waals surface area contributed by atoms with Crippen molar-refractivity contribution in [3.8, 4) is 11.5 Å². The number of ether oxygens (including phenoxy) is 2. The predicted molar refractivity (Wildman–Crippen MR) is 41.8 cm³/mol. The molecule has 2 N–H and O–H groups in total. The molecule has 1 aliphatic rings. The van der Waals surface area contributed by atoms with Crippen LogP contribution < -0.4 is 15.2 Å². The van der Waals surface area contributed by atoms with Gasteiger partial charge in [-0.1, -0.05) is 6.07 Å². The number of halogens is 1. The Kier molecular flexibility index (Phi) is 1.32. The minimum absolute atomic E-state index is 0.535. The van der Waals surface area contributed by atoms with Crippen molar-refractivity contribution in [2.75, 3.05) is 5.73 Å². The van der Waals surface area contributed by atoms with Crippen molar-refractivity contribution in [1.82, 2.24) is 0 Å². The summed E-state index contributed by atoms with van der Waals surface area (Å²) in [6.45, 7) is 0. The third-order valence-corrected chi connectivity index (χ3v) is 1.62. The maximum Gasteiger partial charge on any atom is 0.322 e. The van der Waals surface area contributed by atoms with Gasteiger partial charge in [-0.15, -0.1) is 0 Å². The zero-order chi connectivity index (χ0) is 7.84. The topological polar surface area (TPSA) is 44.5 Å². The van der Waals surface area contributed by atoms with Crippen molar-refractivity contribution >= 4 is 17.3 Å². The Labute approximate surface area is 68.7 Å². The highest BCUT2D eigenvalue weighted by molar-refractivity contribution is 6.19. The number of para-hydroxylation sites is 1. The lowest BCUT2D eigenvalue weighted by Gasteiger charge is -1.98. The molecule has 1 atom stereocenters. The summed E-state index contributed by atoms with van der Waals surface area (Å²) in [7, 11) is 0. The lowest BCUT2D eigenvalue weighted by Crippen LogP contribution is -2.08. The van der Waals surface area contributed by atoms with Crippen LogP contribution >= 0.6 is 11.6 Å². The molecular formula is C7H6ClNO2. The van der Waals surface area contributed by atoms with Crippen molar-refractivity contribution in [3.05, 3.63) is 18.2 Å². The van der Waals surface area contributed by atoms with Crippen LogP contribution in [0.3, 0.4) is 0 Å². The van der Waals surface area contributed by atoms with E-state index in [1.807, 2.05) is 0 Å². The molecule has 0 amide bonds. The molecule has 3 nitrogen and oxygen atoms in total. The van der Waals surface area contributed by atoms with E-state index in [1.54, 1.807) is 18.2 Å². The number of hydrogen-bond donors (Lipinski definition) is 1. The third kappa shape index (κ3) is 0.973. The average molecular weight is 172 g/mol. The molecule has 1 heterocycles. The van der Waals surface area contributed by atoms with Gasteiger partial charge >= 0.3 is 5.75 Å². The first-order valence-electron chi connectivity index (χ1n) is 3.13. The SMILES string of the molecule is Nc1cccc2c1OC(Cl)O2. The summed E-state index contributed by atoms with van der Waals surface area (Å²) in [5.74, 6) is 0.396. The molecular weight excluding hydrogens is 166 g/mol. The number of benzene rings is 1. The van der Waals surface area contributed by atoms with E-state index in [-0.39, 0.29) is 0 Å². The van der Waals surface area contributed by atoms with Gasteiger partial charge in [-0.25, -0.2) is 0 Å². The normalized spacial score (nSPS) is 20.3. The minimum atomic E-state index is -0.741. The van der Waals surface area contributed by atoms with Crippen LogP contribution in [-0.4, -0.2) is 5.75 Å². The van der Waals surface area contributed by atoms with Crippen LogP contribution in [0.15, 0.2) is 18.2 Å². The van der Waals surface area contributed by atoms with Gasteiger partial charge in [-0.2, -0.15) is 0 Å². The van der Waals surface area contributed by atoms with E-state index < -0.39 is 5.75 Å². The highest BCUT2D eigenvalue weighted by Gasteiger charge is 2.23. The first-order valence-corrected chi connectivity index (χ1v) is 3.57. The average Bonchev–Trinajstić information content (AvgIpc) is 2.31. The second-order valence-electron chi connectivity index (χ2n) is 2.18. The van der Waals surface area contributed by atoms with Crippen LogP contribution in [0.5, 0.6) is 11.5 Å². The molecule has 4 heteroatoms. The number of fused-ring (bicyclic) bond motifs is 1. The van der Waals surface area contributed by atoms with Gasteiger partial charge < -0.3 is 15.2 Å². The lowest BCUT2D eigenvalue weighted by molar-refractivity contribution is 0.129. The molecule has 0 bridgehead atoms.